The first-order chi connectivity index (χ1) is 11.3. The molecule has 2 aromatic heterocycles. The molecule has 2 fully saturated rings. The predicted molar refractivity (Wildman–Crippen MR) is 85.6 cm³/mol. The molecule has 0 amide bonds. The molecule has 1 saturated heterocycles. The molecule has 0 N–H and O–H groups in total. The van der Waals surface area contributed by atoms with E-state index in [-0.39, 0.29) is 0 Å². The quantitative estimate of drug-likeness (QED) is 0.829. The molecule has 0 bridgehead atoms. The second-order valence-corrected chi connectivity index (χ2v) is 6.55. The minimum absolute atomic E-state index is 0.419. The molecule has 0 aromatic carbocycles. The fraction of sp³-hybridized carbons (Fsp3) is 0.625. The first kappa shape index (κ1) is 14.7. The highest BCUT2D eigenvalue weighted by Gasteiger charge is 2.29. The van der Waals surface area contributed by atoms with Crippen molar-refractivity contribution in [3.8, 4) is 0 Å². The van der Waals surface area contributed by atoms with E-state index < -0.39 is 0 Å². The Bertz CT molecular complexity index is 629. The summed E-state index contributed by atoms with van der Waals surface area (Å²) < 4.78 is 2.02. The lowest BCUT2D eigenvalue weighted by Crippen LogP contribution is -2.46. The minimum Gasteiger partial charge on any atom is -0.294 e. The van der Waals surface area contributed by atoms with Gasteiger partial charge in [0.2, 0.25) is 0 Å². The number of pyridine rings is 1. The predicted octanol–water partition coefficient (Wildman–Crippen LogP) is 1.28. The van der Waals surface area contributed by atoms with E-state index in [1.54, 1.807) is 0 Å². The highest BCUT2D eigenvalue weighted by molar-refractivity contribution is 5.13. The monoisotopic (exact) mass is 313 g/mol. The summed E-state index contributed by atoms with van der Waals surface area (Å²) in [7, 11) is 0. The zero-order chi connectivity index (χ0) is 15.6. The normalized spacial score (nSPS) is 21.4. The maximum atomic E-state index is 4.24. The number of aromatic nitrogens is 5. The van der Waals surface area contributed by atoms with Gasteiger partial charge in [-0.1, -0.05) is 6.07 Å². The second kappa shape index (κ2) is 6.33. The average molecular weight is 313 g/mol. The third kappa shape index (κ3) is 3.25. The van der Waals surface area contributed by atoms with Gasteiger partial charge in [-0.2, -0.15) is 0 Å². The molecule has 0 radical (unpaired) electrons. The van der Waals surface area contributed by atoms with E-state index in [1.807, 2.05) is 23.1 Å². The Morgan fingerprint density at radius 2 is 2.04 bits per heavy atom. The van der Waals surface area contributed by atoms with E-state index in [9.17, 15) is 0 Å². The van der Waals surface area contributed by atoms with Crippen molar-refractivity contribution in [3.63, 3.8) is 0 Å². The third-order valence-corrected chi connectivity index (χ3v) is 4.94. The van der Waals surface area contributed by atoms with Crippen LogP contribution in [0.3, 0.4) is 0 Å². The molecule has 1 saturated carbocycles. The summed E-state index contributed by atoms with van der Waals surface area (Å²) in [6.45, 7) is 7.38. The highest BCUT2D eigenvalue weighted by atomic mass is 15.6. The van der Waals surface area contributed by atoms with Crippen LogP contribution >= 0.6 is 0 Å². The van der Waals surface area contributed by atoms with Crippen molar-refractivity contribution in [3.05, 3.63) is 35.9 Å². The summed E-state index contributed by atoms with van der Waals surface area (Å²) in [5.41, 5.74) is 1.29. The molecular weight excluding hydrogens is 290 g/mol. The molecule has 4 rings (SSSR count). The molecule has 2 aromatic rings. The van der Waals surface area contributed by atoms with Gasteiger partial charge in [0.05, 0.1) is 12.6 Å². The van der Waals surface area contributed by atoms with Crippen LogP contribution in [0.1, 0.15) is 43.2 Å². The maximum absolute atomic E-state index is 4.24. The molecule has 0 unspecified atom stereocenters. The van der Waals surface area contributed by atoms with Crippen molar-refractivity contribution >= 4 is 0 Å². The average Bonchev–Trinajstić information content (AvgIpc) is 3.35. The van der Waals surface area contributed by atoms with Gasteiger partial charge < -0.3 is 0 Å². The fourth-order valence-electron chi connectivity index (χ4n) is 3.26. The Morgan fingerprint density at radius 3 is 2.74 bits per heavy atom. The Balaban J connectivity index is 1.33. The molecule has 2 aliphatic rings. The van der Waals surface area contributed by atoms with E-state index in [4.69, 9.17) is 0 Å². The number of piperazine rings is 1. The van der Waals surface area contributed by atoms with Crippen molar-refractivity contribution in [1.29, 1.82) is 0 Å². The van der Waals surface area contributed by atoms with E-state index in [0.717, 1.165) is 38.5 Å². The van der Waals surface area contributed by atoms with Crippen molar-refractivity contribution < 1.29 is 0 Å². The third-order valence-electron chi connectivity index (χ3n) is 4.94. The molecule has 1 aliphatic carbocycles. The van der Waals surface area contributed by atoms with Gasteiger partial charge in [0.1, 0.15) is 0 Å². The van der Waals surface area contributed by atoms with Crippen LogP contribution in [0.5, 0.6) is 0 Å². The number of tetrazole rings is 1. The zero-order valence-corrected chi connectivity index (χ0v) is 13.5. The van der Waals surface area contributed by atoms with Crippen molar-refractivity contribution in [2.75, 3.05) is 26.2 Å². The van der Waals surface area contributed by atoms with Crippen LogP contribution in [0.2, 0.25) is 0 Å². The lowest BCUT2D eigenvalue weighted by atomic mass is 10.1. The SMILES string of the molecule is C[C@H](c1cccnc1)N1CCN(Cc2nnnn2C2CC2)CC1. The van der Waals surface area contributed by atoms with Crippen LogP contribution in [0.25, 0.3) is 0 Å². The van der Waals surface area contributed by atoms with Gasteiger partial charge in [0, 0.05) is 44.6 Å². The molecule has 1 atom stereocenters. The molecule has 1 aliphatic heterocycles. The number of nitrogens with zero attached hydrogens (tertiary/aromatic N) is 7. The van der Waals surface area contributed by atoms with Crippen LogP contribution in [-0.4, -0.2) is 61.2 Å². The summed E-state index contributed by atoms with van der Waals surface area (Å²) in [5, 5.41) is 12.2. The molecule has 7 heteroatoms. The Morgan fingerprint density at radius 1 is 1.22 bits per heavy atom. The highest BCUT2D eigenvalue weighted by Crippen LogP contribution is 2.34. The smallest absolute Gasteiger partial charge is 0.165 e. The van der Waals surface area contributed by atoms with Gasteiger partial charge in [-0.25, -0.2) is 4.68 Å². The summed E-state index contributed by atoms with van der Waals surface area (Å²) >= 11 is 0. The summed E-state index contributed by atoms with van der Waals surface area (Å²) in [6, 6.07) is 5.14. The number of hydrogen-bond donors (Lipinski definition) is 0. The Labute approximate surface area is 136 Å². The van der Waals surface area contributed by atoms with Gasteiger partial charge in [-0.05, 0) is 41.8 Å². The van der Waals surface area contributed by atoms with Crippen molar-refractivity contribution in [1.82, 2.24) is 35.0 Å². The Kier molecular flexibility index (Phi) is 4.05. The molecule has 3 heterocycles. The van der Waals surface area contributed by atoms with Gasteiger partial charge >= 0.3 is 0 Å². The topological polar surface area (TPSA) is 63.0 Å². The lowest BCUT2D eigenvalue weighted by molar-refractivity contribution is 0.0950. The van der Waals surface area contributed by atoms with Gasteiger partial charge in [-0.3, -0.25) is 14.8 Å². The second-order valence-electron chi connectivity index (χ2n) is 6.55. The standard InChI is InChI=1S/C16H23N7/c1-13(14-3-2-6-17-11-14)22-9-7-21(8-10-22)12-16-18-19-20-23(16)15-4-5-15/h2-3,6,11,13,15H,4-5,7-10,12H2,1H3/t13-/m1/s1. The molecule has 122 valence electrons. The van der Waals surface area contributed by atoms with E-state index in [1.165, 1.54) is 18.4 Å². The van der Waals surface area contributed by atoms with E-state index in [2.05, 4.69) is 43.3 Å². The van der Waals surface area contributed by atoms with Crippen LogP contribution in [-0.2, 0) is 6.54 Å². The van der Waals surface area contributed by atoms with Crippen LogP contribution in [0.15, 0.2) is 24.5 Å². The van der Waals surface area contributed by atoms with Crippen molar-refractivity contribution in [2.45, 2.75) is 38.4 Å². The van der Waals surface area contributed by atoms with Gasteiger partial charge in [0.15, 0.2) is 5.82 Å². The van der Waals surface area contributed by atoms with E-state index >= 15 is 0 Å². The van der Waals surface area contributed by atoms with E-state index in [0.29, 0.717) is 12.1 Å². The summed E-state index contributed by atoms with van der Waals surface area (Å²) in [5.74, 6) is 1.02. The molecular formula is C16H23N7. The van der Waals surface area contributed by atoms with Crippen LogP contribution < -0.4 is 0 Å². The minimum atomic E-state index is 0.419. The molecule has 7 nitrogen and oxygen atoms in total. The maximum Gasteiger partial charge on any atom is 0.165 e. The van der Waals surface area contributed by atoms with Gasteiger partial charge in [0.25, 0.3) is 0 Å². The lowest BCUT2D eigenvalue weighted by Gasteiger charge is -2.37. The number of rotatable bonds is 5. The Hall–Kier alpha value is -1.86. The summed E-state index contributed by atoms with van der Waals surface area (Å²) in [6.07, 6.45) is 6.24. The first-order valence-corrected chi connectivity index (χ1v) is 8.44. The van der Waals surface area contributed by atoms with Crippen LogP contribution in [0.4, 0.5) is 0 Å². The van der Waals surface area contributed by atoms with Crippen LogP contribution in [0, 0.1) is 0 Å². The molecule has 0 spiro atoms. The van der Waals surface area contributed by atoms with Crippen molar-refractivity contribution in [2.24, 2.45) is 0 Å². The summed E-state index contributed by atoms with van der Waals surface area (Å²) in [4.78, 5) is 9.22. The van der Waals surface area contributed by atoms with Gasteiger partial charge in [-0.15, -0.1) is 5.10 Å². The first-order valence-electron chi connectivity index (χ1n) is 8.44. The zero-order valence-electron chi connectivity index (χ0n) is 13.5. The fourth-order valence-corrected chi connectivity index (χ4v) is 3.26. The number of hydrogen-bond acceptors (Lipinski definition) is 6. The largest absolute Gasteiger partial charge is 0.294 e. The molecule has 23 heavy (non-hydrogen) atoms.